The Bertz CT molecular complexity index is 961. The fourth-order valence-electron chi connectivity index (χ4n) is 2.35. The summed E-state index contributed by atoms with van der Waals surface area (Å²) in [4.78, 5) is 55.6. The highest BCUT2D eigenvalue weighted by Gasteiger charge is 2.26. The Kier molecular flexibility index (Phi) is 6.45. The predicted octanol–water partition coefficient (Wildman–Crippen LogP) is 0.856. The molecule has 27 heavy (non-hydrogen) atoms. The van der Waals surface area contributed by atoms with Gasteiger partial charge >= 0.3 is 11.9 Å². The van der Waals surface area contributed by atoms with Gasteiger partial charge in [0, 0.05) is 12.1 Å². The molecular formula is C17H19N3O6S. The van der Waals surface area contributed by atoms with E-state index in [4.69, 9.17) is 9.47 Å². The number of nitrogens with zero attached hydrogens (tertiary/aromatic N) is 1. The largest absolute Gasteiger partial charge is 0.465 e. The lowest BCUT2D eigenvalue weighted by Crippen LogP contribution is -2.36. The highest BCUT2D eigenvalue weighted by Crippen LogP contribution is 2.29. The van der Waals surface area contributed by atoms with Crippen LogP contribution in [-0.4, -0.2) is 47.6 Å². The van der Waals surface area contributed by atoms with Crippen molar-refractivity contribution in [1.29, 1.82) is 0 Å². The molecule has 0 radical (unpaired) electrons. The number of carbonyl (C=O) groups excluding carboxylic acids is 3. The molecule has 1 amide bonds. The monoisotopic (exact) mass is 393 g/mol. The number of fused-ring (bicyclic) bond motifs is 1. The fourth-order valence-corrected chi connectivity index (χ4v) is 3.51. The molecule has 0 aromatic carbocycles. The number of rotatable bonds is 7. The van der Waals surface area contributed by atoms with Crippen molar-refractivity contribution >= 4 is 39.4 Å². The number of H-pyrrole nitrogens is 1. The molecule has 0 aliphatic heterocycles. The zero-order chi connectivity index (χ0) is 20.1. The SMILES string of the molecule is C=CCNC(=O)[C@H](C)OC(=O)Cc1c(C(=O)OC)sc2nc(C)[nH]c(=O)c12. The molecule has 2 aromatic heterocycles. The van der Waals surface area contributed by atoms with E-state index in [-0.39, 0.29) is 28.8 Å². The van der Waals surface area contributed by atoms with E-state index in [2.05, 4.69) is 21.9 Å². The molecule has 2 rings (SSSR count). The number of hydrogen-bond acceptors (Lipinski definition) is 8. The van der Waals surface area contributed by atoms with Crippen molar-refractivity contribution < 1.29 is 23.9 Å². The van der Waals surface area contributed by atoms with Crippen molar-refractivity contribution in [2.45, 2.75) is 26.4 Å². The fraction of sp³-hybridized carbons (Fsp3) is 0.353. The van der Waals surface area contributed by atoms with E-state index in [1.807, 2.05) is 0 Å². The van der Waals surface area contributed by atoms with Gasteiger partial charge in [0.1, 0.15) is 15.5 Å². The maximum atomic E-state index is 12.3. The molecule has 0 fully saturated rings. The van der Waals surface area contributed by atoms with Gasteiger partial charge in [-0.3, -0.25) is 14.4 Å². The number of aryl methyl sites for hydroxylation is 1. The zero-order valence-corrected chi connectivity index (χ0v) is 15.9. The summed E-state index contributed by atoms with van der Waals surface area (Å²) in [7, 11) is 1.20. The van der Waals surface area contributed by atoms with Gasteiger partial charge in [-0.15, -0.1) is 17.9 Å². The lowest BCUT2D eigenvalue weighted by Gasteiger charge is -2.12. The molecule has 10 heteroatoms. The van der Waals surface area contributed by atoms with E-state index < -0.39 is 29.5 Å². The lowest BCUT2D eigenvalue weighted by atomic mass is 10.1. The van der Waals surface area contributed by atoms with Gasteiger partial charge < -0.3 is 19.8 Å². The van der Waals surface area contributed by atoms with E-state index in [9.17, 15) is 19.2 Å². The Hall–Kier alpha value is -3.01. The predicted molar refractivity (Wildman–Crippen MR) is 98.8 cm³/mol. The molecule has 0 saturated carbocycles. The first kappa shape index (κ1) is 20.3. The standard InChI is InChI=1S/C17H19N3O6S/c1-5-6-18-14(22)8(2)26-11(21)7-10-12-15(23)19-9(3)20-16(12)27-13(10)17(24)25-4/h5,8H,1,6-7H2,2-4H3,(H,18,22)(H,19,20,23)/t8-/m0/s1. The molecule has 2 heterocycles. The van der Waals surface area contributed by atoms with Gasteiger partial charge in [-0.1, -0.05) is 6.08 Å². The summed E-state index contributed by atoms with van der Waals surface area (Å²) in [5, 5.41) is 2.64. The molecular weight excluding hydrogens is 374 g/mol. The molecule has 0 aliphatic carbocycles. The Labute approximate surface area is 158 Å². The summed E-state index contributed by atoms with van der Waals surface area (Å²) in [6.07, 6.45) is 0.0770. The molecule has 0 saturated heterocycles. The second-order valence-electron chi connectivity index (χ2n) is 5.58. The van der Waals surface area contributed by atoms with E-state index >= 15 is 0 Å². The van der Waals surface area contributed by atoms with Crippen LogP contribution >= 0.6 is 11.3 Å². The van der Waals surface area contributed by atoms with Gasteiger partial charge in [0.2, 0.25) is 0 Å². The van der Waals surface area contributed by atoms with E-state index in [1.165, 1.54) is 20.1 Å². The highest BCUT2D eigenvalue weighted by atomic mass is 32.1. The van der Waals surface area contributed by atoms with Crippen LogP contribution in [0.4, 0.5) is 0 Å². The number of esters is 2. The number of aromatic amines is 1. The number of carbonyl (C=O) groups is 3. The molecule has 1 atom stereocenters. The second kappa shape index (κ2) is 8.58. The van der Waals surface area contributed by atoms with Crippen LogP contribution in [0, 0.1) is 6.92 Å². The van der Waals surface area contributed by atoms with E-state index in [1.54, 1.807) is 6.92 Å². The van der Waals surface area contributed by atoms with E-state index in [0.717, 1.165) is 11.3 Å². The van der Waals surface area contributed by atoms with Crippen molar-refractivity contribution in [3.8, 4) is 0 Å². The molecule has 9 nitrogen and oxygen atoms in total. The average Bonchev–Trinajstić information content (AvgIpc) is 2.96. The number of ether oxygens (including phenoxy) is 2. The summed E-state index contributed by atoms with van der Waals surface area (Å²) in [5.74, 6) is -1.55. The van der Waals surface area contributed by atoms with Crippen molar-refractivity contribution in [1.82, 2.24) is 15.3 Å². The Morgan fingerprint density at radius 3 is 2.74 bits per heavy atom. The topological polar surface area (TPSA) is 127 Å². The van der Waals surface area contributed by atoms with Crippen LogP contribution in [0.1, 0.15) is 28.0 Å². The molecule has 0 bridgehead atoms. The van der Waals surface area contributed by atoms with Crippen molar-refractivity contribution in [2.24, 2.45) is 0 Å². The normalized spacial score (nSPS) is 11.7. The van der Waals surface area contributed by atoms with Crippen LogP contribution in [-0.2, 0) is 25.5 Å². The van der Waals surface area contributed by atoms with Crippen LogP contribution < -0.4 is 10.9 Å². The molecule has 144 valence electrons. The van der Waals surface area contributed by atoms with E-state index in [0.29, 0.717) is 10.7 Å². The first-order valence-electron chi connectivity index (χ1n) is 7.97. The Morgan fingerprint density at radius 1 is 1.41 bits per heavy atom. The second-order valence-corrected chi connectivity index (χ2v) is 6.57. The minimum atomic E-state index is -1.04. The van der Waals surface area contributed by atoms with Gasteiger partial charge in [-0.2, -0.15) is 0 Å². The quantitative estimate of drug-likeness (QED) is 0.527. The number of hydrogen-bond donors (Lipinski definition) is 2. The van der Waals surface area contributed by atoms with Crippen LogP contribution in [0.2, 0.25) is 0 Å². The van der Waals surface area contributed by atoms with Gasteiger partial charge in [-0.05, 0) is 13.8 Å². The number of thiophene rings is 1. The molecule has 0 spiro atoms. The van der Waals surface area contributed by atoms with Crippen LogP contribution in [0.25, 0.3) is 10.2 Å². The number of methoxy groups -OCH3 is 1. The maximum absolute atomic E-state index is 12.3. The molecule has 0 aliphatic rings. The Balaban J connectivity index is 2.32. The first-order chi connectivity index (χ1) is 12.8. The van der Waals surface area contributed by atoms with Gasteiger partial charge in [0.25, 0.3) is 11.5 Å². The van der Waals surface area contributed by atoms with Crippen molar-refractivity contribution in [3.63, 3.8) is 0 Å². The summed E-state index contributed by atoms with van der Waals surface area (Å²) in [6, 6.07) is 0. The molecule has 0 unspecified atom stereocenters. The third-order valence-corrected chi connectivity index (χ3v) is 4.68. The smallest absolute Gasteiger partial charge is 0.348 e. The van der Waals surface area contributed by atoms with Crippen molar-refractivity contribution in [3.05, 3.63) is 39.3 Å². The maximum Gasteiger partial charge on any atom is 0.348 e. The summed E-state index contributed by atoms with van der Waals surface area (Å²) < 4.78 is 9.83. The van der Waals surface area contributed by atoms with Gasteiger partial charge in [0.05, 0.1) is 18.9 Å². The summed E-state index contributed by atoms with van der Waals surface area (Å²) in [6.45, 7) is 6.74. The average molecular weight is 393 g/mol. The summed E-state index contributed by atoms with van der Waals surface area (Å²) >= 11 is 0.959. The Morgan fingerprint density at radius 2 is 2.11 bits per heavy atom. The summed E-state index contributed by atoms with van der Waals surface area (Å²) in [5.41, 5.74) is -0.303. The first-order valence-corrected chi connectivity index (χ1v) is 8.78. The zero-order valence-electron chi connectivity index (χ0n) is 15.1. The van der Waals surface area contributed by atoms with Gasteiger partial charge in [0.15, 0.2) is 6.10 Å². The minimum absolute atomic E-state index is 0.0943. The molecule has 2 N–H and O–H groups in total. The highest BCUT2D eigenvalue weighted by molar-refractivity contribution is 7.20. The lowest BCUT2D eigenvalue weighted by molar-refractivity contribution is -0.154. The number of aromatic nitrogens is 2. The minimum Gasteiger partial charge on any atom is -0.465 e. The van der Waals surface area contributed by atoms with Crippen LogP contribution in [0.15, 0.2) is 17.4 Å². The number of nitrogens with one attached hydrogen (secondary N) is 2. The third-order valence-electron chi connectivity index (χ3n) is 3.57. The third kappa shape index (κ3) is 4.59. The van der Waals surface area contributed by atoms with Crippen molar-refractivity contribution in [2.75, 3.05) is 13.7 Å². The van der Waals surface area contributed by atoms with Crippen LogP contribution in [0.3, 0.4) is 0 Å². The molecule has 2 aromatic rings. The number of amides is 1. The van der Waals surface area contributed by atoms with Crippen LogP contribution in [0.5, 0.6) is 0 Å². The van der Waals surface area contributed by atoms with Gasteiger partial charge in [-0.25, -0.2) is 9.78 Å².